The molecule has 0 spiro atoms. The minimum Gasteiger partial charge on any atom is -0.362 e. The highest BCUT2D eigenvalue weighted by Gasteiger charge is 2.30. The summed E-state index contributed by atoms with van der Waals surface area (Å²) in [7, 11) is 3.90. The van der Waals surface area contributed by atoms with E-state index in [0.29, 0.717) is 5.95 Å². The molecular weight excluding hydrogens is 431 g/mol. The Labute approximate surface area is 190 Å². The summed E-state index contributed by atoms with van der Waals surface area (Å²) in [6.07, 6.45) is -1.24. The molecule has 174 valence electrons. The third-order valence-electron chi connectivity index (χ3n) is 5.88. The van der Waals surface area contributed by atoms with Crippen molar-refractivity contribution in [1.82, 2.24) is 15.3 Å². The van der Waals surface area contributed by atoms with Gasteiger partial charge in [-0.05, 0) is 62.1 Å². The highest BCUT2D eigenvalue weighted by Crippen LogP contribution is 2.29. The number of para-hydroxylation sites is 1. The number of nitrogens with zero attached hydrogens (tertiary/aromatic N) is 3. The summed E-state index contributed by atoms with van der Waals surface area (Å²) in [5.41, 5.74) is 0.333. The van der Waals surface area contributed by atoms with Crippen molar-refractivity contribution in [3.05, 3.63) is 59.7 Å². The SMILES string of the molecule is CN(C)c1nc(NC2CCC(NC(=O)c3ccc(C(F)(F)F)cc3)CC2)nc2ccccc12. The second-order valence-corrected chi connectivity index (χ2v) is 8.52. The molecule has 9 heteroatoms. The smallest absolute Gasteiger partial charge is 0.362 e. The lowest BCUT2D eigenvalue weighted by Gasteiger charge is -2.30. The van der Waals surface area contributed by atoms with E-state index < -0.39 is 11.7 Å². The van der Waals surface area contributed by atoms with Crippen molar-refractivity contribution in [1.29, 1.82) is 0 Å². The molecule has 1 aliphatic rings. The van der Waals surface area contributed by atoms with E-state index in [1.165, 1.54) is 12.1 Å². The fraction of sp³-hybridized carbons (Fsp3) is 0.375. The van der Waals surface area contributed by atoms with Gasteiger partial charge in [-0.15, -0.1) is 0 Å². The van der Waals surface area contributed by atoms with Crippen LogP contribution in [-0.2, 0) is 6.18 Å². The van der Waals surface area contributed by atoms with E-state index in [2.05, 4.69) is 20.6 Å². The summed E-state index contributed by atoms with van der Waals surface area (Å²) in [6.45, 7) is 0. The fourth-order valence-corrected chi connectivity index (χ4v) is 4.11. The number of hydrogen-bond acceptors (Lipinski definition) is 5. The van der Waals surface area contributed by atoms with E-state index in [1.54, 1.807) is 0 Å². The topological polar surface area (TPSA) is 70.2 Å². The monoisotopic (exact) mass is 457 g/mol. The van der Waals surface area contributed by atoms with Crippen molar-refractivity contribution < 1.29 is 18.0 Å². The Morgan fingerprint density at radius 3 is 2.21 bits per heavy atom. The van der Waals surface area contributed by atoms with Crippen LogP contribution in [0.25, 0.3) is 10.9 Å². The van der Waals surface area contributed by atoms with Crippen LogP contribution in [0.4, 0.5) is 24.9 Å². The summed E-state index contributed by atoms with van der Waals surface area (Å²) in [6, 6.07) is 12.3. The van der Waals surface area contributed by atoms with Crippen molar-refractivity contribution in [2.75, 3.05) is 24.3 Å². The number of hydrogen-bond donors (Lipinski definition) is 2. The molecule has 1 aromatic heterocycles. The number of amides is 1. The number of rotatable bonds is 5. The molecule has 1 fully saturated rings. The lowest BCUT2D eigenvalue weighted by atomic mass is 9.91. The van der Waals surface area contributed by atoms with Crippen molar-refractivity contribution in [2.45, 2.75) is 43.9 Å². The molecule has 1 saturated carbocycles. The number of alkyl halides is 3. The average molecular weight is 458 g/mol. The number of nitrogens with one attached hydrogen (secondary N) is 2. The van der Waals surface area contributed by atoms with Gasteiger partial charge in [0.1, 0.15) is 5.82 Å². The van der Waals surface area contributed by atoms with Gasteiger partial charge in [0.2, 0.25) is 5.95 Å². The number of aromatic nitrogens is 2. The lowest BCUT2D eigenvalue weighted by molar-refractivity contribution is -0.137. The molecule has 0 aliphatic heterocycles. The van der Waals surface area contributed by atoms with Crippen LogP contribution >= 0.6 is 0 Å². The third-order valence-corrected chi connectivity index (χ3v) is 5.88. The summed E-state index contributed by atoms with van der Waals surface area (Å²) in [5, 5.41) is 7.35. The van der Waals surface area contributed by atoms with E-state index in [0.717, 1.165) is 54.5 Å². The largest absolute Gasteiger partial charge is 0.416 e. The first-order chi connectivity index (χ1) is 15.7. The molecular formula is C24H26F3N5O. The van der Waals surface area contributed by atoms with E-state index >= 15 is 0 Å². The highest BCUT2D eigenvalue weighted by molar-refractivity contribution is 5.94. The molecule has 0 bridgehead atoms. The number of halogens is 3. The molecule has 1 aliphatic carbocycles. The lowest BCUT2D eigenvalue weighted by Crippen LogP contribution is -2.40. The maximum Gasteiger partial charge on any atom is 0.416 e. The number of fused-ring (bicyclic) bond motifs is 1. The molecule has 2 aromatic carbocycles. The van der Waals surface area contributed by atoms with E-state index in [4.69, 9.17) is 0 Å². The fourth-order valence-electron chi connectivity index (χ4n) is 4.11. The zero-order valence-electron chi connectivity index (χ0n) is 18.5. The van der Waals surface area contributed by atoms with Gasteiger partial charge in [-0.1, -0.05) is 12.1 Å². The minimum absolute atomic E-state index is 0.0206. The molecule has 6 nitrogen and oxygen atoms in total. The van der Waals surface area contributed by atoms with Gasteiger partial charge in [0.05, 0.1) is 11.1 Å². The Hall–Kier alpha value is -3.36. The van der Waals surface area contributed by atoms with Gasteiger partial charge < -0.3 is 15.5 Å². The predicted molar refractivity (Wildman–Crippen MR) is 122 cm³/mol. The normalized spacial score (nSPS) is 18.7. The van der Waals surface area contributed by atoms with Crippen LogP contribution in [0.3, 0.4) is 0 Å². The Kier molecular flexibility index (Phi) is 6.40. The van der Waals surface area contributed by atoms with Crippen molar-refractivity contribution in [3.63, 3.8) is 0 Å². The van der Waals surface area contributed by atoms with Crippen molar-refractivity contribution in [2.24, 2.45) is 0 Å². The molecule has 0 unspecified atom stereocenters. The Morgan fingerprint density at radius 1 is 0.939 bits per heavy atom. The Balaban J connectivity index is 1.34. The van der Waals surface area contributed by atoms with Crippen LogP contribution < -0.4 is 15.5 Å². The van der Waals surface area contributed by atoms with Gasteiger partial charge in [-0.25, -0.2) is 4.98 Å². The van der Waals surface area contributed by atoms with Crippen LogP contribution in [0, 0.1) is 0 Å². The van der Waals surface area contributed by atoms with Crippen LogP contribution in [0.5, 0.6) is 0 Å². The van der Waals surface area contributed by atoms with Crippen molar-refractivity contribution in [3.8, 4) is 0 Å². The third kappa shape index (κ3) is 5.35. The van der Waals surface area contributed by atoms with Crippen molar-refractivity contribution >= 4 is 28.6 Å². The quantitative estimate of drug-likeness (QED) is 0.572. The Bertz CT molecular complexity index is 1120. The molecule has 2 N–H and O–H groups in total. The van der Waals surface area contributed by atoms with Crippen LogP contribution in [0.1, 0.15) is 41.6 Å². The first-order valence-corrected chi connectivity index (χ1v) is 10.9. The number of carbonyl (C=O) groups is 1. The van der Waals surface area contributed by atoms with Crippen LogP contribution in [-0.4, -0.2) is 42.1 Å². The first-order valence-electron chi connectivity index (χ1n) is 10.9. The molecule has 1 heterocycles. The summed E-state index contributed by atoms with van der Waals surface area (Å²) in [5.74, 6) is 1.07. The van der Waals surface area contributed by atoms with Gasteiger partial charge in [0.15, 0.2) is 0 Å². The second kappa shape index (κ2) is 9.25. The molecule has 1 amide bonds. The standard InChI is InChI=1S/C24H26F3N5O/c1-32(2)21-19-5-3-4-6-20(19)30-23(31-21)29-18-13-11-17(12-14-18)28-22(33)15-7-9-16(10-8-15)24(25,26)27/h3-10,17-18H,11-14H2,1-2H3,(H,28,33)(H,29,30,31). The van der Waals surface area contributed by atoms with Gasteiger partial charge in [-0.2, -0.15) is 18.2 Å². The van der Waals surface area contributed by atoms with Crippen LogP contribution in [0.15, 0.2) is 48.5 Å². The summed E-state index contributed by atoms with van der Waals surface area (Å²) < 4.78 is 38.1. The average Bonchev–Trinajstić information content (AvgIpc) is 2.79. The summed E-state index contributed by atoms with van der Waals surface area (Å²) in [4.78, 5) is 23.7. The van der Waals surface area contributed by atoms with Gasteiger partial charge in [-0.3, -0.25) is 4.79 Å². The number of benzene rings is 2. The molecule has 0 saturated heterocycles. The van der Waals surface area contributed by atoms with Gasteiger partial charge in [0, 0.05) is 37.1 Å². The molecule has 3 aromatic rings. The van der Waals surface area contributed by atoms with E-state index in [-0.39, 0.29) is 23.6 Å². The number of anilines is 2. The maximum absolute atomic E-state index is 12.7. The van der Waals surface area contributed by atoms with Crippen LogP contribution in [0.2, 0.25) is 0 Å². The molecule has 33 heavy (non-hydrogen) atoms. The molecule has 0 atom stereocenters. The zero-order chi connectivity index (χ0) is 23.6. The van der Waals surface area contributed by atoms with E-state index in [9.17, 15) is 18.0 Å². The number of carbonyl (C=O) groups excluding carboxylic acids is 1. The maximum atomic E-state index is 12.7. The van der Waals surface area contributed by atoms with Gasteiger partial charge >= 0.3 is 6.18 Å². The minimum atomic E-state index is -4.41. The van der Waals surface area contributed by atoms with E-state index in [1.807, 2.05) is 43.3 Å². The zero-order valence-corrected chi connectivity index (χ0v) is 18.5. The first kappa shape index (κ1) is 22.8. The highest BCUT2D eigenvalue weighted by atomic mass is 19.4. The summed E-state index contributed by atoms with van der Waals surface area (Å²) >= 11 is 0. The molecule has 4 rings (SSSR count). The Morgan fingerprint density at radius 2 is 1.58 bits per heavy atom. The second-order valence-electron chi connectivity index (χ2n) is 8.52. The molecule has 0 radical (unpaired) electrons. The van der Waals surface area contributed by atoms with Gasteiger partial charge in [0.25, 0.3) is 5.91 Å². The predicted octanol–water partition coefficient (Wildman–Crippen LogP) is 4.87.